The molecule has 22 heavy (non-hydrogen) atoms. The monoisotopic (exact) mass is 292 g/mol. The fourth-order valence-corrected chi connectivity index (χ4v) is 2.86. The van der Waals surface area contributed by atoms with E-state index in [1.54, 1.807) is 11.9 Å². The van der Waals surface area contributed by atoms with Crippen molar-refractivity contribution in [3.63, 3.8) is 0 Å². The molecule has 0 aromatic heterocycles. The number of benzene rings is 2. The summed E-state index contributed by atoms with van der Waals surface area (Å²) in [5.41, 5.74) is 5.63. The van der Waals surface area contributed by atoms with Gasteiger partial charge in [0.15, 0.2) is 0 Å². The first-order valence-corrected chi connectivity index (χ1v) is 7.55. The molecule has 0 bridgehead atoms. The lowest BCUT2D eigenvalue weighted by atomic mass is 9.97. The van der Waals surface area contributed by atoms with Gasteiger partial charge in [0.05, 0.1) is 11.8 Å². The highest BCUT2D eigenvalue weighted by atomic mass is 16.2. The second-order valence-corrected chi connectivity index (χ2v) is 5.91. The van der Waals surface area contributed by atoms with Crippen LogP contribution in [0.15, 0.2) is 53.6 Å². The molecule has 3 heteroatoms. The molecule has 0 N–H and O–H groups in total. The van der Waals surface area contributed by atoms with Gasteiger partial charge in [0.1, 0.15) is 0 Å². The summed E-state index contributed by atoms with van der Waals surface area (Å²) >= 11 is 0. The number of carbonyl (C=O) groups excluding carboxylic acids is 1. The molecule has 2 aromatic rings. The number of nitrogens with zero attached hydrogens (tertiary/aromatic N) is 2. The largest absolute Gasteiger partial charge is 0.273 e. The van der Waals surface area contributed by atoms with Gasteiger partial charge in [-0.3, -0.25) is 4.79 Å². The van der Waals surface area contributed by atoms with Gasteiger partial charge in [-0.2, -0.15) is 5.10 Å². The summed E-state index contributed by atoms with van der Waals surface area (Å²) in [5.74, 6) is -0.0198. The smallest absolute Gasteiger partial charge is 0.240 e. The molecule has 0 saturated heterocycles. The average Bonchev–Trinajstić information content (AvgIpc) is 2.93. The van der Waals surface area contributed by atoms with Crippen LogP contribution in [0.3, 0.4) is 0 Å². The second-order valence-electron chi connectivity index (χ2n) is 5.91. The number of hydrogen-bond donors (Lipinski definition) is 0. The van der Waals surface area contributed by atoms with Gasteiger partial charge in [-0.1, -0.05) is 59.7 Å². The normalized spacial score (nSPS) is 17.5. The van der Waals surface area contributed by atoms with Gasteiger partial charge in [-0.25, -0.2) is 5.01 Å². The quantitative estimate of drug-likeness (QED) is 0.823. The standard InChI is InChI=1S/C19H20N2O/c1-13-7-9-16(10-8-13)18-12-19(21(20-18)15(3)22)17-6-4-5-14(2)11-17/h4-11,19H,12H2,1-3H3/t19-/m1/s1. The highest BCUT2D eigenvalue weighted by molar-refractivity contribution is 6.03. The SMILES string of the molecule is CC(=O)N1N=C(c2ccc(C)cc2)C[C@@H]1c1cccc(C)c1. The van der Waals surface area contributed by atoms with Crippen molar-refractivity contribution < 1.29 is 4.79 Å². The van der Waals surface area contributed by atoms with Gasteiger partial charge >= 0.3 is 0 Å². The Hall–Kier alpha value is -2.42. The Bertz CT molecular complexity index is 731. The van der Waals surface area contributed by atoms with Crippen molar-refractivity contribution in [2.24, 2.45) is 5.10 Å². The number of hydrogen-bond acceptors (Lipinski definition) is 2. The number of amides is 1. The van der Waals surface area contributed by atoms with E-state index in [4.69, 9.17) is 0 Å². The first-order valence-electron chi connectivity index (χ1n) is 7.55. The van der Waals surface area contributed by atoms with Crippen LogP contribution >= 0.6 is 0 Å². The lowest BCUT2D eigenvalue weighted by Gasteiger charge is -2.20. The van der Waals surface area contributed by atoms with Crippen LogP contribution in [0, 0.1) is 13.8 Å². The van der Waals surface area contributed by atoms with E-state index in [-0.39, 0.29) is 11.9 Å². The summed E-state index contributed by atoms with van der Waals surface area (Å²) in [4.78, 5) is 12.0. The van der Waals surface area contributed by atoms with Crippen LogP contribution in [0.5, 0.6) is 0 Å². The molecule has 0 fully saturated rings. The molecule has 112 valence electrons. The minimum atomic E-state index is -0.0198. The predicted octanol–water partition coefficient (Wildman–Crippen LogP) is 4.00. The number of hydrazone groups is 1. The second kappa shape index (κ2) is 5.76. The molecule has 0 radical (unpaired) electrons. The van der Waals surface area contributed by atoms with Crippen LogP contribution in [-0.2, 0) is 4.79 Å². The van der Waals surface area contributed by atoms with Crippen molar-refractivity contribution in [1.82, 2.24) is 5.01 Å². The Kier molecular flexibility index (Phi) is 3.80. The fourth-order valence-electron chi connectivity index (χ4n) is 2.86. The predicted molar refractivity (Wildman–Crippen MR) is 88.8 cm³/mol. The minimum absolute atomic E-state index is 0.00583. The summed E-state index contributed by atoms with van der Waals surface area (Å²) in [7, 11) is 0. The van der Waals surface area contributed by atoms with E-state index < -0.39 is 0 Å². The van der Waals surface area contributed by atoms with Crippen LogP contribution in [-0.4, -0.2) is 16.6 Å². The topological polar surface area (TPSA) is 32.7 Å². The number of aryl methyl sites for hydroxylation is 2. The van der Waals surface area contributed by atoms with E-state index in [1.165, 1.54) is 11.1 Å². The molecule has 1 heterocycles. The Labute approximate surface area is 131 Å². The molecule has 1 aliphatic rings. The van der Waals surface area contributed by atoms with E-state index in [0.29, 0.717) is 0 Å². The van der Waals surface area contributed by atoms with Crippen LogP contribution < -0.4 is 0 Å². The zero-order valence-corrected chi connectivity index (χ0v) is 13.2. The Morgan fingerprint density at radius 3 is 2.45 bits per heavy atom. The molecule has 0 spiro atoms. The van der Waals surface area contributed by atoms with Crippen LogP contribution in [0.25, 0.3) is 0 Å². The highest BCUT2D eigenvalue weighted by Gasteiger charge is 2.31. The zero-order valence-electron chi connectivity index (χ0n) is 13.2. The average molecular weight is 292 g/mol. The third-order valence-electron chi connectivity index (χ3n) is 4.04. The Balaban J connectivity index is 1.94. The van der Waals surface area contributed by atoms with Gasteiger partial charge in [0.2, 0.25) is 5.91 Å². The van der Waals surface area contributed by atoms with Crippen molar-refractivity contribution in [1.29, 1.82) is 0 Å². The molecular weight excluding hydrogens is 272 g/mol. The first kappa shape index (κ1) is 14.5. The van der Waals surface area contributed by atoms with E-state index in [9.17, 15) is 4.79 Å². The van der Waals surface area contributed by atoms with Crippen molar-refractivity contribution in [2.75, 3.05) is 0 Å². The third kappa shape index (κ3) is 2.80. The van der Waals surface area contributed by atoms with Crippen molar-refractivity contribution >= 4 is 11.6 Å². The van der Waals surface area contributed by atoms with Crippen LogP contribution in [0.1, 0.15) is 41.6 Å². The third-order valence-corrected chi connectivity index (χ3v) is 4.04. The molecule has 1 atom stereocenters. The molecule has 0 unspecified atom stereocenters. The fraction of sp³-hybridized carbons (Fsp3) is 0.263. The molecule has 3 rings (SSSR count). The molecular formula is C19H20N2O. The van der Waals surface area contributed by atoms with E-state index in [1.807, 2.05) is 6.07 Å². The molecule has 3 nitrogen and oxygen atoms in total. The van der Waals surface area contributed by atoms with Crippen molar-refractivity contribution in [3.8, 4) is 0 Å². The maximum atomic E-state index is 12.0. The Morgan fingerprint density at radius 2 is 1.82 bits per heavy atom. The first-order chi connectivity index (χ1) is 10.5. The Morgan fingerprint density at radius 1 is 1.09 bits per heavy atom. The minimum Gasteiger partial charge on any atom is -0.273 e. The zero-order chi connectivity index (χ0) is 15.7. The maximum Gasteiger partial charge on any atom is 0.240 e. The lowest BCUT2D eigenvalue weighted by molar-refractivity contribution is -0.130. The summed E-state index contributed by atoms with van der Waals surface area (Å²) in [6.45, 7) is 5.71. The number of rotatable bonds is 2. The van der Waals surface area contributed by atoms with E-state index in [2.05, 4.69) is 61.4 Å². The molecule has 0 saturated carbocycles. The highest BCUT2D eigenvalue weighted by Crippen LogP contribution is 2.33. The summed E-state index contributed by atoms with van der Waals surface area (Å²) in [5, 5.41) is 6.19. The van der Waals surface area contributed by atoms with E-state index in [0.717, 1.165) is 23.3 Å². The van der Waals surface area contributed by atoms with Crippen molar-refractivity contribution in [2.45, 2.75) is 33.2 Å². The molecule has 1 aliphatic heterocycles. The van der Waals surface area contributed by atoms with Gasteiger partial charge in [0.25, 0.3) is 0 Å². The van der Waals surface area contributed by atoms with Crippen molar-refractivity contribution in [3.05, 3.63) is 70.8 Å². The van der Waals surface area contributed by atoms with Gasteiger partial charge in [-0.15, -0.1) is 0 Å². The van der Waals surface area contributed by atoms with Crippen LogP contribution in [0.2, 0.25) is 0 Å². The summed E-state index contributed by atoms with van der Waals surface area (Å²) < 4.78 is 0. The van der Waals surface area contributed by atoms with E-state index >= 15 is 0 Å². The van der Waals surface area contributed by atoms with Gasteiger partial charge < -0.3 is 0 Å². The van der Waals surface area contributed by atoms with Gasteiger partial charge in [-0.05, 0) is 25.0 Å². The maximum absolute atomic E-state index is 12.0. The molecule has 1 amide bonds. The molecule has 0 aliphatic carbocycles. The lowest BCUT2D eigenvalue weighted by Crippen LogP contribution is -2.24. The number of carbonyl (C=O) groups is 1. The summed E-state index contributed by atoms with van der Waals surface area (Å²) in [6.07, 6.45) is 0.756. The summed E-state index contributed by atoms with van der Waals surface area (Å²) in [6, 6.07) is 16.6. The van der Waals surface area contributed by atoms with Crippen LogP contribution in [0.4, 0.5) is 0 Å². The van der Waals surface area contributed by atoms with Gasteiger partial charge in [0, 0.05) is 13.3 Å². The molecule has 2 aromatic carbocycles.